The number of hydrogen-bond donors (Lipinski definition) is 0. The van der Waals surface area contributed by atoms with E-state index in [-0.39, 0.29) is 0 Å². The van der Waals surface area contributed by atoms with Crippen LogP contribution >= 0.6 is 15.9 Å². The molecule has 88 valence electrons. The van der Waals surface area contributed by atoms with Gasteiger partial charge in [-0.15, -0.1) is 0 Å². The third-order valence-corrected chi connectivity index (χ3v) is 6.88. The molecule has 0 amide bonds. The van der Waals surface area contributed by atoms with Gasteiger partial charge in [0.1, 0.15) is 0 Å². The average Bonchev–Trinajstić information content (AvgIpc) is 2.44. The van der Waals surface area contributed by atoms with Gasteiger partial charge >= 0.3 is 0 Å². The van der Waals surface area contributed by atoms with Crippen LogP contribution in [0.4, 0.5) is 0 Å². The van der Waals surface area contributed by atoms with Crippen molar-refractivity contribution in [3.63, 3.8) is 0 Å². The van der Waals surface area contributed by atoms with Crippen LogP contribution in [0.5, 0.6) is 0 Å². The first-order valence-corrected chi connectivity index (χ1v) is 7.58. The van der Waals surface area contributed by atoms with Crippen molar-refractivity contribution in [2.75, 3.05) is 6.54 Å². The van der Waals surface area contributed by atoms with Crippen molar-refractivity contribution in [2.45, 2.75) is 45.2 Å². The maximum Gasteiger partial charge on any atom is 0.0447 e. The third-order valence-electron chi connectivity index (χ3n) is 5.79. The van der Waals surface area contributed by atoms with Crippen LogP contribution < -0.4 is 0 Å². The fourth-order valence-electron chi connectivity index (χ4n) is 5.12. The van der Waals surface area contributed by atoms with Gasteiger partial charge in [0.05, 0.1) is 0 Å². The van der Waals surface area contributed by atoms with Crippen LogP contribution in [-0.2, 0) is 0 Å². The molecular formula is C14H20BrN. The van der Waals surface area contributed by atoms with E-state index < -0.39 is 0 Å². The highest BCUT2D eigenvalue weighted by atomic mass is 79.9. The van der Waals surface area contributed by atoms with Gasteiger partial charge < -0.3 is 0 Å². The Morgan fingerprint density at radius 2 is 2.00 bits per heavy atom. The third kappa shape index (κ3) is 1.06. The second kappa shape index (κ2) is 3.14. The molecule has 2 saturated heterocycles. The highest BCUT2D eigenvalue weighted by Gasteiger charge is 2.58. The zero-order chi connectivity index (χ0) is 11.0. The summed E-state index contributed by atoms with van der Waals surface area (Å²) < 4.78 is 1.56. The predicted molar refractivity (Wildman–Crippen MR) is 69.4 cm³/mol. The number of nitrogens with zero attached hydrogens (tertiary/aromatic N) is 1. The zero-order valence-corrected chi connectivity index (χ0v) is 11.7. The summed E-state index contributed by atoms with van der Waals surface area (Å²) in [5.41, 5.74) is 1.67. The van der Waals surface area contributed by atoms with E-state index in [4.69, 9.17) is 0 Å². The number of hydrogen-bond acceptors (Lipinski definition) is 1. The molecule has 7 unspecified atom stereocenters. The molecule has 7 atom stereocenters. The van der Waals surface area contributed by atoms with Gasteiger partial charge in [-0.1, -0.05) is 28.4 Å². The quantitative estimate of drug-likeness (QED) is 0.658. The van der Waals surface area contributed by atoms with Crippen LogP contribution in [0.2, 0.25) is 0 Å². The smallest absolute Gasteiger partial charge is 0.0447 e. The van der Waals surface area contributed by atoms with Crippen LogP contribution in [0.3, 0.4) is 0 Å². The second-order valence-electron chi connectivity index (χ2n) is 6.58. The molecule has 5 bridgehead atoms. The molecule has 1 nitrogen and oxygen atoms in total. The van der Waals surface area contributed by atoms with E-state index in [9.17, 15) is 0 Å². The monoisotopic (exact) mass is 281 g/mol. The molecule has 2 heteroatoms. The fourth-order valence-corrected chi connectivity index (χ4v) is 6.04. The van der Waals surface area contributed by atoms with E-state index in [0.717, 1.165) is 35.8 Å². The maximum atomic E-state index is 3.92. The fraction of sp³-hybridized carbons (Fsp3) is 0.857. The lowest BCUT2D eigenvalue weighted by Crippen LogP contribution is -2.48. The lowest BCUT2D eigenvalue weighted by atomic mass is 9.70. The minimum absolute atomic E-state index is 0.763. The van der Waals surface area contributed by atoms with E-state index in [1.165, 1.54) is 25.8 Å². The average molecular weight is 282 g/mol. The molecule has 4 rings (SSSR count). The minimum Gasteiger partial charge on any atom is -0.292 e. The van der Waals surface area contributed by atoms with Crippen molar-refractivity contribution in [3.8, 4) is 0 Å². The molecule has 0 radical (unpaired) electrons. The van der Waals surface area contributed by atoms with Gasteiger partial charge in [-0.25, -0.2) is 0 Å². The Balaban J connectivity index is 1.84. The molecule has 3 heterocycles. The summed E-state index contributed by atoms with van der Waals surface area (Å²) >= 11 is 3.92. The number of rotatable bonds is 0. The topological polar surface area (TPSA) is 3.24 Å². The van der Waals surface area contributed by atoms with Crippen molar-refractivity contribution in [1.29, 1.82) is 0 Å². The van der Waals surface area contributed by atoms with Crippen molar-refractivity contribution >= 4 is 15.9 Å². The van der Waals surface area contributed by atoms with Gasteiger partial charge in [0.2, 0.25) is 0 Å². The summed E-state index contributed by atoms with van der Waals surface area (Å²) in [6, 6.07) is 1.69. The lowest BCUT2D eigenvalue weighted by molar-refractivity contribution is 0.0859. The molecule has 3 fully saturated rings. The normalized spacial score (nSPS) is 58.3. The van der Waals surface area contributed by atoms with Gasteiger partial charge in [-0.05, 0) is 49.9 Å². The number of fused-ring (bicyclic) bond motifs is 2. The zero-order valence-electron chi connectivity index (χ0n) is 10.1. The van der Waals surface area contributed by atoms with Gasteiger partial charge in [0.25, 0.3) is 0 Å². The summed E-state index contributed by atoms with van der Waals surface area (Å²) in [6.45, 7) is 6.17. The highest BCUT2D eigenvalue weighted by molar-refractivity contribution is 9.11. The number of halogens is 1. The Bertz CT molecular complexity index is 375. The molecule has 0 aromatic rings. The lowest BCUT2D eigenvalue weighted by Gasteiger charge is -2.44. The Kier molecular flexibility index (Phi) is 1.99. The van der Waals surface area contributed by atoms with E-state index in [1.807, 2.05) is 0 Å². The molecule has 4 aliphatic rings. The number of piperidine rings is 1. The Labute approximate surface area is 106 Å². The van der Waals surface area contributed by atoms with Crippen molar-refractivity contribution in [2.24, 2.45) is 23.7 Å². The van der Waals surface area contributed by atoms with E-state index in [1.54, 1.807) is 10.1 Å². The Hall–Kier alpha value is 0.180. The van der Waals surface area contributed by atoms with E-state index in [0.29, 0.717) is 0 Å². The van der Waals surface area contributed by atoms with Crippen LogP contribution in [0.1, 0.15) is 33.1 Å². The van der Waals surface area contributed by atoms with Crippen molar-refractivity contribution in [3.05, 3.63) is 10.1 Å². The van der Waals surface area contributed by atoms with Crippen LogP contribution in [0, 0.1) is 23.7 Å². The highest BCUT2D eigenvalue weighted by Crippen LogP contribution is 2.58. The maximum absolute atomic E-state index is 3.92. The molecule has 0 aromatic heterocycles. The van der Waals surface area contributed by atoms with Gasteiger partial charge in [-0.3, -0.25) is 4.90 Å². The molecule has 0 spiro atoms. The summed E-state index contributed by atoms with van der Waals surface area (Å²) in [6.07, 6.45) is 4.41. The van der Waals surface area contributed by atoms with E-state index in [2.05, 4.69) is 34.7 Å². The Morgan fingerprint density at radius 1 is 1.19 bits per heavy atom. The molecule has 0 aromatic carbocycles. The molecule has 0 N–H and O–H groups in total. The predicted octanol–water partition coefficient (Wildman–Crippen LogP) is 3.40. The Morgan fingerprint density at radius 3 is 2.81 bits per heavy atom. The van der Waals surface area contributed by atoms with Gasteiger partial charge in [0, 0.05) is 23.1 Å². The van der Waals surface area contributed by atoms with Crippen LogP contribution in [0.15, 0.2) is 10.1 Å². The first kappa shape index (κ1) is 10.1. The molecule has 1 aliphatic carbocycles. The SMILES string of the molecule is CC1=C(Br)C2C3CC(C)CC4C3CC1CN42. The van der Waals surface area contributed by atoms with Gasteiger partial charge in [0.15, 0.2) is 0 Å². The second-order valence-corrected chi connectivity index (χ2v) is 7.43. The van der Waals surface area contributed by atoms with Crippen LogP contribution in [0.25, 0.3) is 0 Å². The molecule has 1 saturated carbocycles. The minimum atomic E-state index is 0.763. The van der Waals surface area contributed by atoms with Crippen molar-refractivity contribution < 1.29 is 0 Å². The molecular weight excluding hydrogens is 262 g/mol. The summed E-state index contributed by atoms with van der Waals surface area (Å²) in [5.74, 6) is 3.80. The standard InChI is InChI=1S/C14H20BrN/c1-7-3-11-10-5-9-6-16(12(10)4-7)14(11)13(15)8(9)2/h7,9-12,14H,3-6H2,1-2H3. The summed E-state index contributed by atoms with van der Waals surface area (Å²) in [4.78, 5) is 2.85. The van der Waals surface area contributed by atoms with Crippen LogP contribution in [-0.4, -0.2) is 23.5 Å². The first-order valence-electron chi connectivity index (χ1n) is 6.78. The molecule has 16 heavy (non-hydrogen) atoms. The van der Waals surface area contributed by atoms with Gasteiger partial charge in [-0.2, -0.15) is 0 Å². The van der Waals surface area contributed by atoms with E-state index >= 15 is 0 Å². The summed E-state index contributed by atoms with van der Waals surface area (Å²) in [5, 5.41) is 0. The largest absolute Gasteiger partial charge is 0.292 e. The first-order chi connectivity index (χ1) is 7.66. The van der Waals surface area contributed by atoms with Crippen molar-refractivity contribution in [1.82, 2.24) is 4.90 Å². The molecule has 3 aliphatic heterocycles. The summed E-state index contributed by atoms with van der Waals surface area (Å²) in [7, 11) is 0.